The van der Waals surface area contributed by atoms with Crippen LogP contribution in [-0.4, -0.2) is 28.6 Å². The van der Waals surface area contributed by atoms with E-state index < -0.39 is 11.7 Å². The molecule has 4 nitrogen and oxygen atoms in total. The van der Waals surface area contributed by atoms with Crippen molar-refractivity contribution in [2.24, 2.45) is 28.1 Å². The molecule has 0 heterocycles. The van der Waals surface area contributed by atoms with E-state index in [1.807, 2.05) is 19.9 Å². The maximum Gasteiger partial charge on any atom is 0.310 e. The Hall–Kier alpha value is -1.68. The Kier molecular flexibility index (Phi) is 5.51. The number of ether oxygens (including phenoxy) is 1. The summed E-state index contributed by atoms with van der Waals surface area (Å²) in [5, 5.41) is 10.2. The van der Waals surface area contributed by atoms with Gasteiger partial charge in [-0.1, -0.05) is 53.3 Å². The SMILES string of the molecule is C=CC(C)(O)C=CC1=C(C)C(=O)[C@H](OC(=O)C2CC3CCC2(C)C3(C)C)CC1(C)C. The highest BCUT2D eigenvalue weighted by Gasteiger charge is 2.64. The van der Waals surface area contributed by atoms with Gasteiger partial charge < -0.3 is 9.84 Å². The predicted molar refractivity (Wildman–Crippen MR) is 119 cm³/mol. The molecular weight excluding hydrogens is 376 g/mol. The molecule has 0 aromatic heterocycles. The van der Waals surface area contributed by atoms with Crippen LogP contribution < -0.4 is 0 Å². The lowest BCUT2D eigenvalue weighted by atomic mass is 9.66. The third-order valence-corrected chi connectivity index (χ3v) is 8.83. The monoisotopic (exact) mass is 414 g/mol. The van der Waals surface area contributed by atoms with E-state index in [9.17, 15) is 14.7 Å². The fraction of sp³-hybridized carbons (Fsp3) is 0.692. The zero-order valence-electron chi connectivity index (χ0n) is 19.7. The lowest BCUT2D eigenvalue weighted by Gasteiger charge is -2.40. The number of hydrogen-bond donors (Lipinski definition) is 1. The van der Waals surface area contributed by atoms with E-state index in [-0.39, 0.29) is 33.9 Å². The summed E-state index contributed by atoms with van der Waals surface area (Å²) in [5.41, 5.74) is 0.0443. The molecule has 0 aromatic carbocycles. The number of esters is 1. The second-order valence-electron chi connectivity index (χ2n) is 11.3. The lowest BCUT2D eigenvalue weighted by molar-refractivity contribution is -0.164. The van der Waals surface area contributed by atoms with E-state index in [1.165, 1.54) is 12.5 Å². The zero-order valence-corrected chi connectivity index (χ0v) is 19.7. The van der Waals surface area contributed by atoms with E-state index in [2.05, 4.69) is 27.4 Å². The molecule has 3 aliphatic carbocycles. The third-order valence-electron chi connectivity index (χ3n) is 8.83. The van der Waals surface area contributed by atoms with Crippen LogP contribution in [0.5, 0.6) is 0 Å². The average Bonchev–Trinajstić information content (AvgIpc) is 2.98. The van der Waals surface area contributed by atoms with E-state index in [1.54, 1.807) is 19.9 Å². The Bertz CT molecular complexity index is 826. The van der Waals surface area contributed by atoms with Gasteiger partial charge >= 0.3 is 5.97 Å². The van der Waals surface area contributed by atoms with Gasteiger partial charge in [-0.05, 0) is 72.5 Å². The number of hydrogen-bond acceptors (Lipinski definition) is 4. The van der Waals surface area contributed by atoms with Crippen molar-refractivity contribution in [3.63, 3.8) is 0 Å². The molecule has 0 spiro atoms. The summed E-state index contributed by atoms with van der Waals surface area (Å²) < 4.78 is 5.91. The molecule has 0 aliphatic heterocycles. The van der Waals surface area contributed by atoms with Crippen LogP contribution in [0.1, 0.15) is 74.1 Å². The molecule has 3 aliphatic rings. The smallest absolute Gasteiger partial charge is 0.310 e. The van der Waals surface area contributed by atoms with E-state index in [0.29, 0.717) is 17.9 Å². The summed E-state index contributed by atoms with van der Waals surface area (Å²) in [6.07, 6.45) is 7.72. The Balaban J connectivity index is 1.81. The second-order valence-corrected chi connectivity index (χ2v) is 11.3. The highest BCUT2D eigenvalue weighted by Crippen LogP contribution is 2.68. The third kappa shape index (κ3) is 3.51. The van der Waals surface area contributed by atoms with Crippen LogP contribution >= 0.6 is 0 Å². The van der Waals surface area contributed by atoms with Crippen LogP contribution in [0.3, 0.4) is 0 Å². The van der Waals surface area contributed by atoms with Gasteiger partial charge in [0, 0.05) is 6.42 Å². The minimum absolute atomic E-state index is 0.0585. The standard InChI is InChI=1S/C26H38O4/c1-9-25(7,29)12-11-18-16(2)21(27)20(15-23(18,3)4)30-22(28)19-14-17-10-13-26(19,8)24(17,5)6/h9,11-12,17,19-20,29H,1,10,13-15H2,2-8H3/t17?,19?,20-,25?,26?/m1/s1. The van der Waals surface area contributed by atoms with Crippen LogP contribution in [0.4, 0.5) is 0 Å². The number of aliphatic hydroxyl groups is 1. The number of fused-ring (bicyclic) bond motifs is 2. The molecule has 166 valence electrons. The van der Waals surface area contributed by atoms with E-state index in [0.717, 1.165) is 18.4 Å². The molecule has 0 amide bonds. The van der Waals surface area contributed by atoms with Crippen molar-refractivity contribution in [3.8, 4) is 0 Å². The molecule has 2 bridgehead atoms. The van der Waals surface area contributed by atoms with Crippen molar-refractivity contribution in [2.75, 3.05) is 0 Å². The van der Waals surface area contributed by atoms with Gasteiger partial charge in [0.25, 0.3) is 0 Å². The van der Waals surface area contributed by atoms with Crippen molar-refractivity contribution in [2.45, 2.75) is 85.9 Å². The molecule has 4 unspecified atom stereocenters. The number of ketones is 1. The molecule has 30 heavy (non-hydrogen) atoms. The molecular formula is C26H38O4. The molecule has 5 atom stereocenters. The van der Waals surface area contributed by atoms with Crippen LogP contribution in [0.2, 0.25) is 0 Å². The molecule has 0 saturated heterocycles. The van der Waals surface area contributed by atoms with Gasteiger partial charge in [0.05, 0.1) is 11.5 Å². The van der Waals surface area contributed by atoms with Gasteiger partial charge in [-0.2, -0.15) is 0 Å². The Morgan fingerprint density at radius 3 is 2.40 bits per heavy atom. The fourth-order valence-corrected chi connectivity index (χ4v) is 6.10. The van der Waals surface area contributed by atoms with Crippen LogP contribution in [0.25, 0.3) is 0 Å². The predicted octanol–water partition coefficient (Wildman–Crippen LogP) is 5.17. The summed E-state index contributed by atoms with van der Waals surface area (Å²) in [7, 11) is 0. The first-order valence-corrected chi connectivity index (χ1v) is 11.2. The van der Waals surface area contributed by atoms with Crippen molar-refractivity contribution < 1.29 is 19.4 Å². The average molecular weight is 415 g/mol. The van der Waals surface area contributed by atoms with Crippen molar-refractivity contribution in [3.05, 3.63) is 36.0 Å². The number of rotatable bonds is 5. The van der Waals surface area contributed by atoms with Crippen molar-refractivity contribution in [1.29, 1.82) is 0 Å². The maximum atomic E-state index is 13.2. The van der Waals surface area contributed by atoms with Gasteiger partial charge in [0.15, 0.2) is 11.9 Å². The van der Waals surface area contributed by atoms with Crippen LogP contribution in [0.15, 0.2) is 36.0 Å². The Labute approximate surface area is 181 Å². The molecule has 4 heteroatoms. The first-order valence-electron chi connectivity index (χ1n) is 11.2. The molecule has 3 rings (SSSR count). The Morgan fingerprint density at radius 1 is 1.27 bits per heavy atom. The fourth-order valence-electron chi connectivity index (χ4n) is 6.10. The summed E-state index contributed by atoms with van der Waals surface area (Å²) in [6, 6.07) is 0. The van der Waals surface area contributed by atoms with Gasteiger partial charge in [-0.15, -0.1) is 0 Å². The first kappa shape index (κ1) is 23.0. The second kappa shape index (κ2) is 7.19. The quantitative estimate of drug-likeness (QED) is 0.498. The summed E-state index contributed by atoms with van der Waals surface area (Å²) in [5.74, 6) is 0.0847. The van der Waals surface area contributed by atoms with Crippen molar-refractivity contribution >= 4 is 11.8 Å². The van der Waals surface area contributed by atoms with Crippen molar-refractivity contribution in [1.82, 2.24) is 0 Å². The van der Waals surface area contributed by atoms with Gasteiger partial charge in [-0.25, -0.2) is 0 Å². The Morgan fingerprint density at radius 2 is 1.90 bits per heavy atom. The molecule has 0 radical (unpaired) electrons. The van der Waals surface area contributed by atoms with Crippen LogP contribution in [0, 0.1) is 28.1 Å². The minimum Gasteiger partial charge on any atom is -0.454 e. The van der Waals surface area contributed by atoms with Gasteiger partial charge in [0.2, 0.25) is 0 Å². The highest BCUT2D eigenvalue weighted by molar-refractivity contribution is 6.01. The zero-order chi connectivity index (χ0) is 22.7. The minimum atomic E-state index is -1.14. The summed E-state index contributed by atoms with van der Waals surface area (Å²) in [6.45, 7) is 17.9. The van der Waals surface area contributed by atoms with Crippen LogP contribution in [-0.2, 0) is 14.3 Å². The topological polar surface area (TPSA) is 63.6 Å². The number of allylic oxidation sites excluding steroid dienone is 2. The normalized spacial score (nSPS) is 36.8. The van der Waals surface area contributed by atoms with Gasteiger partial charge in [0.1, 0.15) is 0 Å². The molecule has 0 aromatic rings. The highest BCUT2D eigenvalue weighted by atomic mass is 16.5. The largest absolute Gasteiger partial charge is 0.454 e. The number of Topliss-reactive ketones (excluding diaryl/α,β-unsaturated/α-hetero) is 1. The first-order chi connectivity index (χ1) is 13.7. The van der Waals surface area contributed by atoms with E-state index >= 15 is 0 Å². The number of carbonyl (C=O) groups excluding carboxylic acids is 2. The maximum absolute atomic E-state index is 13.2. The molecule has 1 N–H and O–H groups in total. The van der Waals surface area contributed by atoms with E-state index in [4.69, 9.17) is 4.74 Å². The number of carbonyl (C=O) groups is 2. The summed E-state index contributed by atoms with van der Waals surface area (Å²) in [4.78, 5) is 26.3. The molecule has 2 saturated carbocycles. The lowest BCUT2D eigenvalue weighted by Crippen LogP contribution is -2.43. The summed E-state index contributed by atoms with van der Waals surface area (Å²) >= 11 is 0. The van der Waals surface area contributed by atoms with Gasteiger partial charge in [-0.3, -0.25) is 9.59 Å². The molecule has 2 fully saturated rings.